The molecule has 0 aromatic heterocycles. The minimum Gasteiger partial charge on any atom is -0.395 e. The lowest BCUT2D eigenvalue weighted by molar-refractivity contribution is 0.0186. The molecule has 0 spiro atoms. The van der Waals surface area contributed by atoms with Crippen LogP contribution in [0.15, 0.2) is 12.5 Å². The summed E-state index contributed by atoms with van der Waals surface area (Å²) in [5.41, 5.74) is 2.49. The van der Waals surface area contributed by atoms with Gasteiger partial charge in [0, 0.05) is 0 Å². The summed E-state index contributed by atoms with van der Waals surface area (Å²) in [6, 6.07) is 0. The average molecular weight is 140 g/mol. The predicted molar refractivity (Wildman–Crippen MR) is 34.9 cm³/mol. The molecule has 1 rings (SSSR count). The first kappa shape index (κ1) is 6.93. The molecule has 0 amide bonds. The number of rotatable bonds is 2. The van der Waals surface area contributed by atoms with Gasteiger partial charge in [-0.25, -0.2) is 0 Å². The lowest BCUT2D eigenvalue weighted by Gasteiger charge is -2.14. The maximum atomic E-state index is 8.91. The van der Waals surface area contributed by atoms with Crippen LogP contribution in [0, 0.1) is 12.3 Å². The number of hydrogen-bond donors (Lipinski definition) is 2. The number of hydrogen-bond acceptors (Lipinski definition) is 4. The Labute approximate surface area is 59.0 Å². The monoisotopic (exact) mass is 140 g/mol. The van der Waals surface area contributed by atoms with E-state index in [4.69, 9.17) is 11.5 Å². The van der Waals surface area contributed by atoms with Crippen molar-refractivity contribution >= 4 is 0 Å². The zero-order chi connectivity index (χ0) is 7.40. The standard InChI is InChI=1S/C6H8N2O2/c1-2-6(9)5-8-3-4-10-7-8/h1,3-4,6-7,9H,5H2. The second kappa shape index (κ2) is 3.11. The summed E-state index contributed by atoms with van der Waals surface area (Å²) in [6.45, 7) is 0.326. The van der Waals surface area contributed by atoms with Gasteiger partial charge in [0.15, 0.2) is 0 Å². The third-order valence-corrected chi connectivity index (χ3v) is 1.04. The second-order valence-corrected chi connectivity index (χ2v) is 1.83. The molecule has 1 aliphatic heterocycles. The number of aliphatic hydroxyl groups is 1. The number of aliphatic hydroxyl groups excluding tert-OH is 1. The summed E-state index contributed by atoms with van der Waals surface area (Å²) in [5.74, 6) is 2.18. The maximum absolute atomic E-state index is 8.91. The molecule has 0 saturated carbocycles. The van der Waals surface area contributed by atoms with Crippen LogP contribution in [0.2, 0.25) is 0 Å². The number of nitrogens with zero attached hydrogens (tertiary/aromatic N) is 1. The van der Waals surface area contributed by atoms with Gasteiger partial charge in [0.05, 0.1) is 12.7 Å². The second-order valence-electron chi connectivity index (χ2n) is 1.83. The van der Waals surface area contributed by atoms with E-state index in [0.29, 0.717) is 6.54 Å². The van der Waals surface area contributed by atoms with Gasteiger partial charge in [-0.1, -0.05) is 11.5 Å². The highest BCUT2D eigenvalue weighted by Gasteiger charge is 2.07. The van der Waals surface area contributed by atoms with Gasteiger partial charge in [0.25, 0.3) is 0 Å². The summed E-state index contributed by atoms with van der Waals surface area (Å²) < 4.78 is 0. The molecule has 0 radical (unpaired) electrons. The molecule has 0 aliphatic carbocycles. The Balaban J connectivity index is 2.26. The minimum absolute atomic E-state index is 0.326. The van der Waals surface area contributed by atoms with Crippen molar-refractivity contribution in [3.63, 3.8) is 0 Å². The van der Waals surface area contributed by atoms with Gasteiger partial charge in [-0.2, -0.15) is 0 Å². The molecular weight excluding hydrogens is 132 g/mol. The van der Waals surface area contributed by atoms with Crippen molar-refractivity contribution in [2.75, 3.05) is 6.54 Å². The van der Waals surface area contributed by atoms with Crippen molar-refractivity contribution in [1.82, 2.24) is 10.6 Å². The first-order valence-corrected chi connectivity index (χ1v) is 2.81. The average Bonchev–Trinajstić information content (AvgIpc) is 2.40. The Kier molecular flexibility index (Phi) is 2.15. The van der Waals surface area contributed by atoms with Crippen LogP contribution in [0.1, 0.15) is 0 Å². The van der Waals surface area contributed by atoms with E-state index in [2.05, 4.69) is 16.3 Å². The van der Waals surface area contributed by atoms with Gasteiger partial charge >= 0.3 is 0 Å². The van der Waals surface area contributed by atoms with E-state index in [1.54, 1.807) is 11.2 Å². The van der Waals surface area contributed by atoms with Crippen LogP contribution < -0.4 is 5.59 Å². The fourth-order valence-corrected chi connectivity index (χ4v) is 0.570. The number of terminal acetylenes is 1. The number of hydrazine groups is 1. The van der Waals surface area contributed by atoms with Gasteiger partial charge in [-0.05, 0) is 0 Å². The molecule has 1 atom stereocenters. The van der Waals surface area contributed by atoms with Gasteiger partial charge in [-0.15, -0.1) is 6.42 Å². The molecule has 4 nitrogen and oxygen atoms in total. The molecule has 0 aromatic carbocycles. The molecule has 0 bridgehead atoms. The number of nitrogens with one attached hydrogen (secondary N) is 1. The molecule has 0 aromatic rings. The lowest BCUT2D eigenvalue weighted by Crippen LogP contribution is -2.34. The van der Waals surface area contributed by atoms with E-state index < -0.39 is 6.10 Å². The number of β-amino-alcohol motifs (C(OH)–C–C–N with tert-alkyl or cyclic N) is 1. The maximum Gasteiger partial charge on any atom is 0.133 e. The van der Waals surface area contributed by atoms with Gasteiger partial charge < -0.3 is 9.94 Å². The molecule has 54 valence electrons. The summed E-state index contributed by atoms with van der Waals surface area (Å²) in [7, 11) is 0. The van der Waals surface area contributed by atoms with Crippen molar-refractivity contribution in [2.45, 2.75) is 6.10 Å². The fraction of sp³-hybridized carbons (Fsp3) is 0.333. The molecule has 10 heavy (non-hydrogen) atoms. The van der Waals surface area contributed by atoms with Crippen LogP contribution in [0.25, 0.3) is 0 Å². The van der Waals surface area contributed by atoms with Crippen LogP contribution in [0.3, 0.4) is 0 Å². The van der Waals surface area contributed by atoms with E-state index in [0.717, 1.165) is 0 Å². The normalized spacial score (nSPS) is 18.2. The molecule has 1 heterocycles. The molecule has 2 N–H and O–H groups in total. The van der Waals surface area contributed by atoms with E-state index in [1.807, 2.05) is 0 Å². The van der Waals surface area contributed by atoms with E-state index in [9.17, 15) is 0 Å². The Morgan fingerprint density at radius 2 is 2.70 bits per heavy atom. The van der Waals surface area contributed by atoms with Crippen molar-refractivity contribution in [2.24, 2.45) is 0 Å². The minimum atomic E-state index is -0.765. The zero-order valence-corrected chi connectivity index (χ0v) is 5.32. The van der Waals surface area contributed by atoms with E-state index in [-0.39, 0.29) is 0 Å². The predicted octanol–water partition coefficient (Wildman–Crippen LogP) is -0.796. The first-order valence-electron chi connectivity index (χ1n) is 2.81. The third kappa shape index (κ3) is 1.65. The first-order chi connectivity index (χ1) is 4.83. The molecular formula is C6H8N2O2. The lowest BCUT2D eigenvalue weighted by atomic mass is 10.4. The van der Waals surface area contributed by atoms with Crippen LogP contribution >= 0.6 is 0 Å². The topological polar surface area (TPSA) is 44.7 Å². The highest BCUT2D eigenvalue weighted by molar-refractivity contribution is 4.95. The molecule has 1 aliphatic rings. The SMILES string of the molecule is C#CC(O)CN1C=CON1. The van der Waals surface area contributed by atoms with Crippen LogP contribution in [0.5, 0.6) is 0 Å². The Hall–Kier alpha value is -1.18. The van der Waals surface area contributed by atoms with Crippen molar-refractivity contribution < 1.29 is 9.94 Å². The van der Waals surface area contributed by atoms with Crippen LogP contribution in [-0.2, 0) is 4.84 Å². The van der Waals surface area contributed by atoms with Gasteiger partial charge in [0.2, 0.25) is 0 Å². The summed E-state index contributed by atoms with van der Waals surface area (Å²) in [4.78, 5) is 4.62. The summed E-state index contributed by atoms with van der Waals surface area (Å²) >= 11 is 0. The van der Waals surface area contributed by atoms with Crippen molar-refractivity contribution in [1.29, 1.82) is 0 Å². The smallest absolute Gasteiger partial charge is 0.133 e. The highest BCUT2D eigenvalue weighted by Crippen LogP contribution is 1.95. The van der Waals surface area contributed by atoms with Gasteiger partial charge in [-0.3, -0.25) is 5.01 Å². The molecule has 0 saturated heterocycles. The van der Waals surface area contributed by atoms with Crippen molar-refractivity contribution in [3.05, 3.63) is 12.5 Å². The van der Waals surface area contributed by atoms with Gasteiger partial charge in [0.1, 0.15) is 12.4 Å². The Bertz CT molecular complexity index is 173. The largest absolute Gasteiger partial charge is 0.395 e. The van der Waals surface area contributed by atoms with Crippen molar-refractivity contribution in [3.8, 4) is 12.3 Å². The zero-order valence-electron chi connectivity index (χ0n) is 5.32. The Morgan fingerprint density at radius 3 is 3.20 bits per heavy atom. The van der Waals surface area contributed by atoms with E-state index in [1.165, 1.54) is 6.26 Å². The van der Waals surface area contributed by atoms with E-state index >= 15 is 0 Å². The highest BCUT2D eigenvalue weighted by atomic mass is 16.7. The summed E-state index contributed by atoms with van der Waals surface area (Å²) in [5, 5.41) is 10.5. The molecule has 1 unspecified atom stereocenters. The van der Waals surface area contributed by atoms with Crippen LogP contribution in [-0.4, -0.2) is 22.8 Å². The quantitative estimate of drug-likeness (QED) is 0.493. The summed E-state index contributed by atoms with van der Waals surface area (Å²) in [6.07, 6.45) is 7.27. The van der Waals surface area contributed by atoms with Crippen LogP contribution in [0.4, 0.5) is 0 Å². The third-order valence-electron chi connectivity index (χ3n) is 1.04. The Morgan fingerprint density at radius 1 is 1.90 bits per heavy atom. The fourth-order valence-electron chi connectivity index (χ4n) is 0.570. The molecule has 4 heteroatoms. The molecule has 0 fully saturated rings.